The van der Waals surface area contributed by atoms with Gasteiger partial charge in [0.25, 0.3) is 0 Å². The van der Waals surface area contributed by atoms with Crippen molar-refractivity contribution in [3.8, 4) is 12.8 Å². The predicted octanol–water partition coefficient (Wildman–Crippen LogP) is 6.53. The second-order valence-corrected chi connectivity index (χ2v) is 8.75. The number of Topliss-reactive ketones (excluding diaryl/α,β-unsaturated/α-hetero) is 1. The van der Waals surface area contributed by atoms with Crippen molar-refractivity contribution in [3.63, 3.8) is 0 Å². The van der Waals surface area contributed by atoms with Crippen LogP contribution in [0.2, 0.25) is 0 Å². The van der Waals surface area contributed by atoms with Gasteiger partial charge < -0.3 is 22.1 Å². The number of aliphatic imine (C=N–C) groups is 1. The van der Waals surface area contributed by atoms with Gasteiger partial charge >= 0.3 is 0 Å². The van der Waals surface area contributed by atoms with Gasteiger partial charge in [-0.2, -0.15) is 0 Å². The number of rotatable bonds is 10. The second kappa shape index (κ2) is 22.2. The molecule has 1 aromatic rings. The molecule has 0 amide bonds. The summed E-state index contributed by atoms with van der Waals surface area (Å²) in [5.74, 6) is 0.208. The third kappa shape index (κ3) is 14.1. The Balaban J connectivity index is -0.00000148. The Morgan fingerprint density at radius 2 is 1.62 bits per heavy atom. The van der Waals surface area contributed by atoms with E-state index in [1.807, 2.05) is 46.8 Å². The summed E-state index contributed by atoms with van der Waals surface area (Å²) in [6.45, 7) is 23.3. The molecule has 2 rings (SSSR count). The van der Waals surface area contributed by atoms with Gasteiger partial charge in [0.05, 0.1) is 23.0 Å². The SMILES string of the molecule is C.C#C.C=C(C)/C(C)=C/C(=N\C(C)=C\N)C(=C)NCc1cccc(CNC2=C(C)C(=O)C2C)c1.CCC.CN. The van der Waals surface area contributed by atoms with Crippen molar-refractivity contribution < 1.29 is 4.79 Å². The molecule has 0 saturated heterocycles. The molecule has 39 heavy (non-hydrogen) atoms. The quantitative estimate of drug-likeness (QED) is 0.155. The highest BCUT2D eigenvalue weighted by atomic mass is 16.1. The number of benzene rings is 1. The van der Waals surface area contributed by atoms with E-state index < -0.39 is 0 Å². The van der Waals surface area contributed by atoms with Gasteiger partial charge in [0, 0.05) is 30.6 Å². The van der Waals surface area contributed by atoms with Gasteiger partial charge in [-0.25, -0.2) is 0 Å². The van der Waals surface area contributed by atoms with Gasteiger partial charge in [-0.15, -0.1) is 12.8 Å². The average Bonchev–Trinajstić information content (AvgIpc) is 2.93. The molecule has 6 N–H and O–H groups in total. The number of carbonyl (C=O) groups is 1. The molecule has 0 saturated carbocycles. The lowest BCUT2D eigenvalue weighted by Gasteiger charge is -2.28. The highest BCUT2D eigenvalue weighted by molar-refractivity contribution is 6.08. The Kier molecular flexibility index (Phi) is 22.6. The lowest BCUT2D eigenvalue weighted by atomic mass is 9.83. The minimum Gasteiger partial charge on any atom is -0.403 e. The van der Waals surface area contributed by atoms with E-state index >= 15 is 0 Å². The van der Waals surface area contributed by atoms with E-state index in [4.69, 9.17) is 5.73 Å². The zero-order valence-electron chi connectivity index (χ0n) is 24.7. The maximum atomic E-state index is 11.7. The van der Waals surface area contributed by atoms with Crippen LogP contribution < -0.4 is 22.1 Å². The highest BCUT2D eigenvalue weighted by Crippen LogP contribution is 2.28. The fourth-order valence-corrected chi connectivity index (χ4v) is 3.21. The molecule has 6 heteroatoms. The molecule has 1 unspecified atom stereocenters. The summed E-state index contributed by atoms with van der Waals surface area (Å²) >= 11 is 0. The number of nitrogens with two attached hydrogens (primary N) is 2. The standard InChI is InChI=1S/C26H34N4O.C3H8.C2H2.CH5N.CH4/c1-16(2)17(3)11-24(30-18(4)13-27)21(7)28-14-22-9-8-10-23(12-22)15-29-25-19(5)26(31)20(25)6;1-3-2;2*1-2;/h8-13,19,28-29H,1,7,14-15,27H2,2-6H3;3H2,1-2H3;1-2H;2H2,1H3;1H4/b17-11+,18-13+,30-24+;;;;. The van der Waals surface area contributed by atoms with E-state index in [1.54, 1.807) is 0 Å². The number of ketones is 1. The van der Waals surface area contributed by atoms with Gasteiger partial charge in [-0.05, 0) is 64.4 Å². The molecule has 1 aliphatic carbocycles. The van der Waals surface area contributed by atoms with Gasteiger partial charge in [0.1, 0.15) is 0 Å². The summed E-state index contributed by atoms with van der Waals surface area (Å²) in [6.07, 6.45) is 12.7. The van der Waals surface area contributed by atoms with Crippen LogP contribution in [-0.2, 0) is 17.9 Å². The molecular formula is C33H53N5O. The third-order valence-corrected chi connectivity index (χ3v) is 5.45. The summed E-state index contributed by atoms with van der Waals surface area (Å²) in [7, 11) is 1.50. The topological polar surface area (TPSA) is 106 Å². The Morgan fingerprint density at radius 3 is 2.08 bits per heavy atom. The van der Waals surface area contributed by atoms with Crippen molar-refractivity contribution in [2.24, 2.45) is 22.4 Å². The van der Waals surface area contributed by atoms with Crippen LogP contribution in [0.1, 0.15) is 73.4 Å². The molecular weight excluding hydrogens is 482 g/mol. The van der Waals surface area contributed by atoms with E-state index in [0.717, 1.165) is 39.3 Å². The molecule has 0 aliphatic heterocycles. The molecule has 0 aromatic heterocycles. The number of carbonyl (C=O) groups excluding carboxylic acids is 1. The van der Waals surface area contributed by atoms with Gasteiger partial charge in [0.2, 0.25) is 0 Å². The minimum absolute atomic E-state index is 0. The van der Waals surface area contributed by atoms with Crippen LogP contribution in [-0.4, -0.2) is 18.5 Å². The van der Waals surface area contributed by atoms with Crippen LogP contribution in [0.25, 0.3) is 0 Å². The smallest absolute Gasteiger partial charge is 0.168 e. The molecule has 0 fully saturated rings. The monoisotopic (exact) mass is 535 g/mol. The van der Waals surface area contributed by atoms with Crippen molar-refractivity contribution in [1.82, 2.24) is 10.6 Å². The Bertz CT molecular complexity index is 1070. The number of hydrogen-bond donors (Lipinski definition) is 4. The predicted molar refractivity (Wildman–Crippen MR) is 173 cm³/mol. The van der Waals surface area contributed by atoms with Crippen molar-refractivity contribution in [2.75, 3.05) is 7.05 Å². The zero-order valence-corrected chi connectivity index (χ0v) is 24.7. The van der Waals surface area contributed by atoms with Crippen LogP contribution in [0.15, 0.2) is 88.5 Å². The minimum atomic E-state index is -0.0207. The second-order valence-electron chi connectivity index (χ2n) is 8.75. The molecule has 1 aromatic carbocycles. The normalized spacial score (nSPS) is 14.5. The first-order valence-corrected chi connectivity index (χ1v) is 12.8. The third-order valence-electron chi connectivity index (χ3n) is 5.45. The molecule has 1 aliphatic rings. The Labute approximate surface area is 239 Å². The van der Waals surface area contributed by atoms with Crippen LogP contribution >= 0.6 is 0 Å². The maximum Gasteiger partial charge on any atom is 0.168 e. The zero-order chi connectivity index (χ0) is 29.8. The van der Waals surface area contributed by atoms with Crippen LogP contribution in [0.5, 0.6) is 0 Å². The molecule has 0 heterocycles. The highest BCUT2D eigenvalue weighted by Gasteiger charge is 2.32. The number of terminal acetylenes is 1. The number of allylic oxidation sites excluding steroid dienone is 6. The van der Waals surface area contributed by atoms with Crippen LogP contribution in [0.4, 0.5) is 0 Å². The van der Waals surface area contributed by atoms with Crippen molar-refractivity contribution in [3.05, 3.63) is 94.6 Å². The number of nitrogens with zero attached hydrogens (tertiary/aromatic N) is 1. The first-order chi connectivity index (χ1) is 18.0. The van der Waals surface area contributed by atoms with Gasteiger partial charge in [-0.3, -0.25) is 9.79 Å². The molecule has 0 radical (unpaired) electrons. The molecule has 0 bridgehead atoms. The first kappa shape index (κ1) is 39.7. The van der Waals surface area contributed by atoms with Crippen LogP contribution in [0.3, 0.4) is 0 Å². The summed E-state index contributed by atoms with van der Waals surface area (Å²) in [6, 6.07) is 8.33. The van der Waals surface area contributed by atoms with Crippen molar-refractivity contribution >= 4 is 11.5 Å². The van der Waals surface area contributed by atoms with Crippen molar-refractivity contribution in [2.45, 2.75) is 75.4 Å². The summed E-state index contributed by atoms with van der Waals surface area (Å²) < 4.78 is 0. The van der Waals surface area contributed by atoms with Gasteiger partial charge in [-0.1, -0.05) is 70.7 Å². The number of nitrogens with one attached hydrogen (secondary N) is 2. The Morgan fingerprint density at radius 1 is 1.10 bits per heavy atom. The summed E-state index contributed by atoms with van der Waals surface area (Å²) in [5, 5.41) is 6.77. The summed E-state index contributed by atoms with van der Waals surface area (Å²) in [4.78, 5) is 16.3. The number of hydrogen-bond acceptors (Lipinski definition) is 6. The molecule has 0 spiro atoms. The first-order valence-electron chi connectivity index (χ1n) is 12.8. The van der Waals surface area contributed by atoms with Crippen molar-refractivity contribution in [1.29, 1.82) is 0 Å². The summed E-state index contributed by atoms with van der Waals surface area (Å²) in [5.41, 5.74) is 18.4. The van der Waals surface area contributed by atoms with Gasteiger partial charge in [0.15, 0.2) is 5.78 Å². The lowest BCUT2D eigenvalue weighted by Crippen LogP contribution is -2.35. The van der Waals surface area contributed by atoms with Crippen LogP contribution in [0, 0.1) is 18.8 Å². The fraction of sp³-hybridized carbons (Fsp3) is 0.394. The molecule has 6 nitrogen and oxygen atoms in total. The fourth-order valence-electron chi connectivity index (χ4n) is 3.21. The Hall–Kier alpha value is -3.82. The lowest BCUT2D eigenvalue weighted by molar-refractivity contribution is -0.120. The average molecular weight is 536 g/mol. The largest absolute Gasteiger partial charge is 0.403 e. The molecule has 216 valence electrons. The van der Waals surface area contributed by atoms with E-state index in [9.17, 15) is 4.79 Å². The maximum absolute atomic E-state index is 11.7. The van der Waals surface area contributed by atoms with E-state index in [1.165, 1.54) is 19.7 Å². The van der Waals surface area contributed by atoms with E-state index in [-0.39, 0.29) is 19.1 Å². The molecule has 1 atom stereocenters. The van der Waals surface area contributed by atoms with E-state index in [0.29, 0.717) is 24.5 Å². The van der Waals surface area contributed by atoms with E-state index in [2.05, 4.69) is 79.4 Å².